The second kappa shape index (κ2) is 5.50. The zero-order chi connectivity index (χ0) is 12.3. The molecule has 0 radical (unpaired) electrons. The SMILES string of the molecule is CCC(CC)(C(N)c1sccc1Cl)N(C)C. The van der Waals surface area contributed by atoms with E-state index in [1.165, 1.54) is 0 Å². The van der Waals surface area contributed by atoms with Gasteiger partial charge in [0.25, 0.3) is 0 Å². The smallest absolute Gasteiger partial charge is 0.0591 e. The van der Waals surface area contributed by atoms with E-state index in [4.69, 9.17) is 17.3 Å². The Balaban J connectivity index is 3.09. The second-order valence-corrected chi connectivity index (χ2v) is 5.67. The van der Waals surface area contributed by atoms with E-state index in [0.717, 1.165) is 22.7 Å². The summed E-state index contributed by atoms with van der Waals surface area (Å²) in [4.78, 5) is 3.33. The summed E-state index contributed by atoms with van der Waals surface area (Å²) in [5.41, 5.74) is 6.42. The van der Waals surface area contributed by atoms with Crippen molar-refractivity contribution >= 4 is 22.9 Å². The molecule has 0 saturated carbocycles. The fourth-order valence-corrected chi connectivity index (χ4v) is 3.66. The first-order chi connectivity index (χ1) is 7.49. The summed E-state index contributed by atoms with van der Waals surface area (Å²) in [5, 5.41) is 2.80. The number of halogens is 1. The Labute approximate surface area is 107 Å². The van der Waals surface area contributed by atoms with Gasteiger partial charge in [-0.2, -0.15) is 0 Å². The summed E-state index contributed by atoms with van der Waals surface area (Å²) in [6, 6.07) is 1.90. The first-order valence-corrected chi connectivity index (χ1v) is 6.91. The Hall–Kier alpha value is -0.0900. The van der Waals surface area contributed by atoms with Gasteiger partial charge in [-0.05, 0) is 38.4 Å². The van der Waals surface area contributed by atoms with E-state index in [1.54, 1.807) is 11.3 Å². The molecule has 0 spiro atoms. The van der Waals surface area contributed by atoms with Crippen molar-refractivity contribution in [2.45, 2.75) is 38.3 Å². The Morgan fingerprint density at radius 1 is 1.44 bits per heavy atom. The van der Waals surface area contributed by atoms with Crippen molar-refractivity contribution in [2.24, 2.45) is 5.73 Å². The number of hydrogen-bond acceptors (Lipinski definition) is 3. The summed E-state index contributed by atoms with van der Waals surface area (Å²) in [6.45, 7) is 4.37. The molecule has 2 nitrogen and oxygen atoms in total. The van der Waals surface area contributed by atoms with Gasteiger partial charge >= 0.3 is 0 Å². The molecule has 0 aliphatic carbocycles. The highest BCUT2D eigenvalue weighted by atomic mass is 35.5. The van der Waals surface area contributed by atoms with Crippen LogP contribution in [-0.2, 0) is 0 Å². The van der Waals surface area contributed by atoms with Crippen LogP contribution in [0, 0.1) is 0 Å². The summed E-state index contributed by atoms with van der Waals surface area (Å²) in [6.07, 6.45) is 2.04. The molecule has 1 aromatic heterocycles. The van der Waals surface area contributed by atoms with Crippen molar-refractivity contribution in [1.29, 1.82) is 0 Å². The van der Waals surface area contributed by atoms with Crippen molar-refractivity contribution in [1.82, 2.24) is 4.90 Å². The maximum absolute atomic E-state index is 6.43. The average molecular weight is 261 g/mol. The van der Waals surface area contributed by atoms with Crippen molar-refractivity contribution in [3.63, 3.8) is 0 Å². The maximum Gasteiger partial charge on any atom is 0.0591 e. The van der Waals surface area contributed by atoms with Crippen LogP contribution in [0.1, 0.15) is 37.6 Å². The monoisotopic (exact) mass is 260 g/mol. The number of nitrogens with zero attached hydrogens (tertiary/aromatic N) is 1. The molecular weight excluding hydrogens is 240 g/mol. The minimum atomic E-state index is -0.0231. The van der Waals surface area contributed by atoms with Crippen LogP contribution in [0.2, 0.25) is 5.02 Å². The molecule has 0 bridgehead atoms. The highest BCUT2D eigenvalue weighted by molar-refractivity contribution is 7.10. The molecule has 0 amide bonds. The molecule has 0 aliphatic rings. The van der Waals surface area contributed by atoms with Crippen LogP contribution in [0.3, 0.4) is 0 Å². The lowest BCUT2D eigenvalue weighted by Crippen LogP contribution is -2.51. The van der Waals surface area contributed by atoms with E-state index in [-0.39, 0.29) is 11.6 Å². The molecule has 0 fully saturated rings. The van der Waals surface area contributed by atoms with Crippen LogP contribution in [-0.4, -0.2) is 24.5 Å². The van der Waals surface area contributed by atoms with Gasteiger partial charge in [0.1, 0.15) is 0 Å². The van der Waals surface area contributed by atoms with Crippen LogP contribution < -0.4 is 5.73 Å². The number of nitrogens with two attached hydrogens (primary N) is 1. The largest absolute Gasteiger partial charge is 0.322 e. The molecule has 1 unspecified atom stereocenters. The van der Waals surface area contributed by atoms with Gasteiger partial charge in [0.2, 0.25) is 0 Å². The minimum Gasteiger partial charge on any atom is -0.322 e. The Morgan fingerprint density at radius 3 is 2.31 bits per heavy atom. The molecule has 0 saturated heterocycles. The molecule has 4 heteroatoms. The number of rotatable bonds is 5. The van der Waals surface area contributed by atoms with E-state index in [9.17, 15) is 0 Å². The van der Waals surface area contributed by atoms with Gasteiger partial charge in [0.05, 0.1) is 11.1 Å². The standard InChI is InChI=1S/C12H21ClN2S/c1-5-12(6-2,15(3)4)11(14)10-9(13)7-8-16-10/h7-8,11H,5-6,14H2,1-4H3. The highest BCUT2D eigenvalue weighted by Crippen LogP contribution is 2.39. The normalized spacial score (nSPS) is 14.4. The molecule has 1 heterocycles. The van der Waals surface area contributed by atoms with Crippen molar-refractivity contribution in [2.75, 3.05) is 14.1 Å². The fourth-order valence-electron chi connectivity index (χ4n) is 2.37. The van der Waals surface area contributed by atoms with Crippen LogP contribution in [0.4, 0.5) is 0 Å². The summed E-state index contributed by atoms with van der Waals surface area (Å²) in [7, 11) is 4.18. The van der Waals surface area contributed by atoms with Gasteiger partial charge in [-0.15, -0.1) is 11.3 Å². The molecule has 1 aromatic rings. The Kier molecular flexibility index (Phi) is 4.80. The maximum atomic E-state index is 6.43. The molecule has 92 valence electrons. The van der Waals surface area contributed by atoms with Gasteiger partial charge < -0.3 is 10.6 Å². The Morgan fingerprint density at radius 2 is 2.00 bits per heavy atom. The van der Waals surface area contributed by atoms with Crippen LogP contribution >= 0.6 is 22.9 Å². The van der Waals surface area contributed by atoms with Gasteiger partial charge in [-0.25, -0.2) is 0 Å². The quantitative estimate of drug-likeness (QED) is 0.878. The lowest BCUT2D eigenvalue weighted by Gasteiger charge is -2.43. The van der Waals surface area contributed by atoms with Crippen molar-refractivity contribution in [3.05, 3.63) is 21.3 Å². The summed E-state index contributed by atoms with van der Waals surface area (Å²) < 4.78 is 0. The van der Waals surface area contributed by atoms with Gasteiger partial charge in [0, 0.05) is 10.4 Å². The lowest BCUT2D eigenvalue weighted by atomic mass is 9.83. The molecular formula is C12H21ClN2S. The third-order valence-electron chi connectivity index (χ3n) is 3.62. The van der Waals surface area contributed by atoms with Gasteiger partial charge in [-0.1, -0.05) is 25.4 Å². The number of thiophene rings is 1. The highest BCUT2D eigenvalue weighted by Gasteiger charge is 2.37. The van der Waals surface area contributed by atoms with Gasteiger partial charge in [-0.3, -0.25) is 0 Å². The lowest BCUT2D eigenvalue weighted by molar-refractivity contribution is 0.107. The zero-order valence-electron chi connectivity index (χ0n) is 10.5. The summed E-state index contributed by atoms with van der Waals surface area (Å²) in [5.74, 6) is 0. The van der Waals surface area contributed by atoms with E-state index < -0.39 is 0 Å². The first-order valence-electron chi connectivity index (χ1n) is 5.65. The fraction of sp³-hybridized carbons (Fsp3) is 0.667. The van der Waals surface area contributed by atoms with E-state index in [2.05, 4.69) is 32.8 Å². The molecule has 0 aromatic carbocycles. The summed E-state index contributed by atoms with van der Waals surface area (Å²) >= 11 is 7.82. The molecule has 16 heavy (non-hydrogen) atoms. The average Bonchev–Trinajstić information content (AvgIpc) is 2.66. The molecule has 1 atom stereocenters. The topological polar surface area (TPSA) is 29.3 Å². The predicted octanol–water partition coefficient (Wildman–Crippen LogP) is 3.52. The van der Waals surface area contributed by atoms with Gasteiger partial charge in [0.15, 0.2) is 0 Å². The predicted molar refractivity (Wildman–Crippen MR) is 73.3 cm³/mol. The van der Waals surface area contributed by atoms with E-state index in [1.807, 2.05) is 11.4 Å². The van der Waals surface area contributed by atoms with Crippen LogP contribution in [0.25, 0.3) is 0 Å². The Bertz CT molecular complexity index is 332. The third-order valence-corrected chi connectivity index (χ3v) is 5.06. The van der Waals surface area contributed by atoms with Crippen molar-refractivity contribution in [3.8, 4) is 0 Å². The molecule has 0 aliphatic heterocycles. The third kappa shape index (κ3) is 2.28. The van der Waals surface area contributed by atoms with E-state index >= 15 is 0 Å². The van der Waals surface area contributed by atoms with Crippen LogP contribution in [0.5, 0.6) is 0 Å². The molecule has 2 N–H and O–H groups in total. The van der Waals surface area contributed by atoms with E-state index in [0.29, 0.717) is 0 Å². The first kappa shape index (κ1) is 14.0. The van der Waals surface area contributed by atoms with Crippen molar-refractivity contribution < 1.29 is 0 Å². The van der Waals surface area contributed by atoms with Crippen LogP contribution in [0.15, 0.2) is 11.4 Å². The minimum absolute atomic E-state index is 0.00546. The number of likely N-dealkylation sites (N-methyl/N-ethyl adjacent to an activating group) is 1. The second-order valence-electron chi connectivity index (χ2n) is 4.32. The zero-order valence-corrected chi connectivity index (χ0v) is 12.0. The number of hydrogen-bond donors (Lipinski definition) is 1. The molecule has 1 rings (SSSR count).